The summed E-state index contributed by atoms with van der Waals surface area (Å²) in [5, 5.41) is 8.14. The van der Waals surface area contributed by atoms with E-state index in [2.05, 4.69) is 20.6 Å². The second kappa shape index (κ2) is 2.66. The minimum atomic E-state index is -0.560. The fourth-order valence-corrected chi connectivity index (χ4v) is 0. The molecule has 0 amide bonds. The normalized spacial score (nSPS) is 15.2. The summed E-state index contributed by atoms with van der Waals surface area (Å²) < 4.78 is 2.15. The van der Waals surface area contributed by atoms with Crippen LogP contribution in [0.5, 0.6) is 0 Å². The van der Waals surface area contributed by atoms with Crippen molar-refractivity contribution >= 4 is 0 Å². The van der Waals surface area contributed by atoms with E-state index in [0.717, 1.165) is 0 Å². The van der Waals surface area contributed by atoms with E-state index in [0.29, 0.717) is 0 Å². The van der Waals surface area contributed by atoms with Crippen LogP contribution in [0.15, 0.2) is 0 Å². The number of nitrogens with one attached hydrogen (secondary N) is 1. The molecule has 0 aromatic carbocycles. The fourth-order valence-electron chi connectivity index (χ4n) is 0. The predicted molar refractivity (Wildman–Crippen MR) is 14.8 cm³/mol. The van der Waals surface area contributed by atoms with Crippen LogP contribution in [0.3, 0.4) is 0 Å². The maximum absolute atomic E-state index is 8.14. The summed E-state index contributed by atoms with van der Waals surface area (Å²) in [6.45, 7) is 1.56. The van der Waals surface area contributed by atoms with Crippen LogP contribution in [0.1, 0.15) is 6.92 Å². The number of aliphatic hydroxyl groups is 1. The topological polar surface area (TPSA) is 32.3 Å². The molecule has 0 aliphatic carbocycles. The van der Waals surface area contributed by atoms with E-state index in [9.17, 15) is 0 Å². The van der Waals surface area contributed by atoms with Gasteiger partial charge in [-0.1, -0.05) is 0 Å². The molecule has 0 aliphatic rings. The van der Waals surface area contributed by atoms with Crippen molar-refractivity contribution in [3.8, 4) is 0 Å². The van der Waals surface area contributed by atoms with Crippen molar-refractivity contribution in [2.24, 2.45) is 0 Å². The quantitative estimate of drug-likeness (QED) is 0.360. The molecule has 2 nitrogen and oxygen atoms in total. The zero-order chi connectivity index (χ0) is 4.28. The van der Waals surface area contributed by atoms with Gasteiger partial charge in [0, 0.05) is 0 Å². The Kier molecular flexibility index (Phi) is 2.90. The average molecular weight is 124 g/mol. The fraction of sp³-hybridized carbons (Fsp3) is 1.00. The van der Waals surface area contributed by atoms with Crippen LogP contribution >= 0.6 is 0 Å². The molecule has 0 saturated heterocycles. The molecule has 0 heterocycles. The predicted octanol–water partition coefficient (Wildman–Crippen LogP) is -0.624. The standard InChI is InChI=1S/C2H6NO.Cu/c1-2(3)4;/h2-4H,1H3;/q-1;+1. The van der Waals surface area contributed by atoms with E-state index in [1.165, 1.54) is 0 Å². The van der Waals surface area contributed by atoms with Crippen LogP contribution in [0, 0.1) is 0 Å². The summed E-state index contributed by atoms with van der Waals surface area (Å²) in [6.07, 6.45) is -0.560. The van der Waals surface area contributed by atoms with Gasteiger partial charge >= 0.3 is 38.8 Å². The van der Waals surface area contributed by atoms with Crippen LogP contribution in [-0.2, 0) is 16.2 Å². The Hall–Kier alpha value is 0.439. The van der Waals surface area contributed by atoms with E-state index < -0.39 is 6.23 Å². The van der Waals surface area contributed by atoms with Gasteiger partial charge in [0.2, 0.25) is 0 Å². The van der Waals surface area contributed by atoms with Crippen LogP contribution in [0.25, 0.3) is 0 Å². The van der Waals surface area contributed by atoms with Crippen LogP contribution in [0.2, 0.25) is 0 Å². The van der Waals surface area contributed by atoms with Crippen LogP contribution in [0.4, 0.5) is 0 Å². The summed E-state index contributed by atoms with van der Waals surface area (Å²) in [6, 6.07) is 0. The molecule has 36 valence electrons. The monoisotopic (exact) mass is 123 g/mol. The Labute approximate surface area is 39.6 Å². The third-order valence-corrected chi connectivity index (χ3v) is 0.519. The van der Waals surface area contributed by atoms with Gasteiger partial charge in [-0.2, -0.15) is 0 Å². The number of hydrogen-bond acceptors (Lipinski definition) is 2. The molecule has 0 saturated carbocycles. The average Bonchev–Trinajstić information content (AvgIpc) is 1.38. The van der Waals surface area contributed by atoms with Gasteiger partial charge in [-0.05, 0) is 0 Å². The van der Waals surface area contributed by atoms with Gasteiger partial charge in [0.05, 0.1) is 0 Å². The van der Waals surface area contributed by atoms with Crippen LogP contribution in [-0.4, -0.2) is 11.3 Å². The number of rotatable bonds is 1. The van der Waals surface area contributed by atoms with Gasteiger partial charge in [0.1, 0.15) is 0 Å². The molecular formula is C2H6CuNO. The van der Waals surface area contributed by atoms with Crippen LogP contribution < -0.4 is 4.33 Å². The summed E-state index contributed by atoms with van der Waals surface area (Å²) in [4.78, 5) is 0. The first kappa shape index (κ1) is 5.44. The molecule has 0 aromatic heterocycles. The van der Waals surface area contributed by atoms with Crippen molar-refractivity contribution < 1.29 is 21.3 Å². The molecular weight excluding hydrogens is 118 g/mol. The molecule has 0 fully saturated rings. The Morgan fingerprint density at radius 1 is 2.00 bits per heavy atom. The summed E-state index contributed by atoms with van der Waals surface area (Å²) in [5.74, 6) is 0. The van der Waals surface area contributed by atoms with Crippen molar-refractivity contribution in [2.45, 2.75) is 13.2 Å². The third kappa shape index (κ3) is 4.44. The molecule has 3 heteroatoms. The van der Waals surface area contributed by atoms with Gasteiger partial charge in [-0.25, -0.2) is 0 Å². The van der Waals surface area contributed by atoms with E-state index in [1.807, 2.05) is 0 Å². The maximum atomic E-state index is 8.14. The van der Waals surface area contributed by atoms with Crippen molar-refractivity contribution in [3.63, 3.8) is 0 Å². The zero-order valence-corrected chi connectivity index (χ0v) is 3.77. The zero-order valence-electron chi connectivity index (χ0n) is 2.83. The third-order valence-electron chi connectivity index (χ3n) is 0.126. The van der Waals surface area contributed by atoms with Crippen molar-refractivity contribution in [3.05, 3.63) is 0 Å². The molecule has 0 rings (SSSR count). The molecule has 0 aliphatic heterocycles. The Morgan fingerprint density at radius 2 is 2.20 bits per heavy atom. The SMILES string of the molecule is CC(O)[NH][Cu]. The van der Waals surface area contributed by atoms with Gasteiger partial charge < -0.3 is 0 Å². The first-order valence-corrected chi connectivity index (χ1v) is 1.75. The summed E-state index contributed by atoms with van der Waals surface area (Å²) >= 11 is 4.30. The molecule has 1 unspecified atom stereocenters. The minimum absolute atomic E-state index is 0.560. The summed E-state index contributed by atoms with van der Waals surface area (Å²) in [7, 11) is 0. The Morgan fingerprint density at radius 3 is 2.20 bits per heavy atom. The van der Waals surface area contributed by atoms with E-state index in [1.54, 1.807) is 6.92 Å². The summed E-state index contributed by atoms with van der Waals surface area (Å²) in [5.41, 5.74) is 0. The van der Waals surface area contributed by atoms with E-state index in [4.69, 9.17) is 5.11 Å². The molecule has 0 aromatic rings. The van der Waals surface area contributed by atoms with Crippen molar-refractivity contribution in [1.82, 2.24) is 4.33 Å². The van der Waals surface area contributed by atoms with Gasteiger partial charge in [-0.3, -0.25) is 0 Å². The van der Waals surface area contributed by atoms with Crippen molar-refractivity contribution in [2.75, 3.05) is 0 Å². The molecule has 1 atom stereocenters. The number of aliphatic hydroxyl groups excluding tert-OH is 1. The second-order valence-corrected chi connectivity index (χ2v) is 1.03. The molecule has 0 radical (unpaired) electrons. The van der Waals surface area contributed by atoms with Gasteiger partial charge in [-0.15, -0.1) is 0 Å². The Bertz CT molecular complexity index is 23.6. The van der Waals surface area contributed by atoms with E-state index in [-0.39, 0.29) is 0 Å². The van der Waals surface area contributed by atoms with Gasteiger partial charge in [0.15, 0.2) is 0 Å². The first-order valence-electron chi connectivity index (χ1n) is 1.27. The van der Waals surface area contributed by atoms with Crippen molar-refractivity contribution in [1.29, 1.82) is 0 Å². The molecule has 0 bridgehead atoms. The molecule has 2 N–H and O–H groups in total. The number of hydrogen-bond donors (Lipinski definition) is 2. The first-order chi connectivity index (χ1) is 2.27. The molecule has 5 heavy (non-hydrogen) atoms. The van der Waals surface area contributed by atoms with E-state index >= 15 is 0 Å². The second-order valence-electron chi connectivity index (χ2n) is 0.763. The van der Waals surface area contributed by atoms with Gasteiger partial charge in [0.25, 0.3) is 0 Å². The molecule has 0 spiro atoms. The Balaban J connectivity index is 2.54.